The number of anilines is 1. The van der Waals surface area contributed by atoms with Crippen LogP contribution in [0.15, 0.2) is 24.3 Å². The first kappa shape index (κ1) is 22.8. The zero-order chi connectivity index (χ0) is 20.2. The fraction of sp³-hybridized carbons (Fsp3) is 0.412. The van der Waals surface area contributed by atoms with Gasteiger partial charge in [-0.05, 0) is 37.6 Å². The van der Waals surface area contributed by atoms with Crippen LogP contribution in [-0.4, -0.2) is 48.0 Å². The van der Waals surface area contributed by atoms with E-state index in [-0.39, 0.29) is 23.5 Å². The Labute approximate surface area is 166 Å². The van der Waals surface area contributed by atoms with Crippen LogP contribution in [-0.2, 0) is 19.1 Å². The molecule has 0 aliphatic carbocycles. The Bertz CT molecular complexity index is 669. The molecule has 1 aromatic rings. The summed E-state index contributed by atoms with van der Waals surface area (Å²) in [5.74, 6) is -1.72. The normalized spacial score (nSPS) is 11.2. The van der Waals surface area contributed by atoms with Crippen molar-refractivity contribution in [3.8, 4) is 0 Å². The molecule has 0 aliphatic rings. The largest absolute Gasteiger partial charge is 0.455 e. The van der Waals surface area contributed by atoms with Gasteiger partial charge in [0.25, 0.3) is 5.91 Å². The Morgan fingerprint density at radius 1 is 1.11 bits per heavy atom. The molecule has 0 bridgehead atoms. The lowest BCUT2D eigenvalue weighted by atomic mass is 10.3. The highest BCUT2D eigenvalue weighted by atomic mass is 35.5. The average Bonchev–Trinajstić information content (AvgIpc) is 2.61. The third kappa shape index (κ3) is 10.5. The minimum atomic E-state index is -0.727. The van der Waals surface area contributed by atoms with Crippen LogP contribution in [0.2, 0.25) is 5.02 Å². The van der Waals surface area contributed by atoms with Gasteiger partial charge in [0.2, 0.25) is 5.91 Å². The van der Waals surface area contributed by atoms with Crippen LogP contribution in [0.4, 0.5) is 10.5 Å². The molecule has 0 radical (unpaired) electrons. The van der Waals surface area contributed by atoms with Crippen molar-refractivity contribution in [2.45, 2.75) is 26.3 Å². The molecule has 0 fully saturated rings. The van der Waals surface area contributed by atoms with Gasteiger partial charge in [0.05, 0.1) is 11.5 Å². The summed E-state index contributed by atoms with van der Waals surface area (Å²) in [7, 11) is 0. The third-order valence-electron chi connectivity index (χ3n) is 3.19. The monoisotopic (exact) mass is 415 g/mol. The molecule has 4 amide bonds. The molecule has 27 heavy (non-hydrogen) atoms. The van der Waals surface area contributed by atoms with Crippen LogP contribution in [0, 0.1) is 0 Å². The highest BCUT2D eigenvalue weighted by Gasteiger charge is 2.13. The zero-order valence-electron chi connectivity index (χ0n) is 15.0. The van der Waals surface area contributed by atoms with Gasteiger partial charge in [-0.15, -0.1) is 11.8 Å². The first-order valence-electron chi connectivity index (χ1n) is 8.19. The van der Waals surface area contributed by atoms with Gasteiger partial charge in [-0.3, -0.25) is 19.7 Å². The van der Waals surface area contributed by atoms with Crippen molar-refractivity contribution in [2.24, 2.45) is 0 Å². The number of rotatable bonds is 9. The summed E-state index contributed by atoms with van der Waals surface area (Å²) in [6.07, 6.45) is 0.722. The molecule has 0 heterocycles. The number of thioether (sulfide) groups is 1. The van der Waals surface area contributed by atoms with Gasteiger partial charge >= 0.3 is 12.0 Å². The second-order valence-corrected chi connectivity index (χ2v) is 6.96. The summed E-state index contributed by atoms with van der Waals surface area (Å²) in [5.41, 5.74) is 0.597. The lowest BCUT2D eigenvalue weighted by molar-refractivity contribution is -0.145. The fourth-order valence-corrected chi connectivity index (χ4v) is 2.41. The quantitative estimate of drug-likeness (QED) is 0.533. The van der Waals surface area contributed by atoms with Crippen LogP contribution >= 0.6 is 23.4 Å². The Balaban J connectivity index is 2.17. The van der Waals surface area contributed by atoms with Gasteiger partial charge in [0.1, 0.15) is 0 Å². The molecule has 10 heteroatoms. The molecular formula is C17H22ClN3O5S. The first-order valence-corrected chi connectivity index (χ1v) is 9.72. The van der Waals surface area contributed by atoms with Crippen molar-refractivity contribution in [3.05, 3.63) is 29.3 Å². The van der Waals surface area contributed by atoms with Crippen molar-refractivity contribution >= 4 is 52.9 Å². The van der Waals surface area contributed by atoms with Crippen LogP contribution in [0.3, 0.4) is 0 Å². The Morgan fingerprint density at radius 2 is 1.78 bits per heavy atom. The number of halogens is 1. The summed E-state index contributed by atoms with van der Waals surface area (Å²) in [5, 5.41) is 7.83. The second kappa shape index (κ2) is 12.2. The lowest BCUT2D eigenvalue weighted by Gasteiger charge is -2.11. The van der Waals surface area contributed by atoms with Crippen LogP contribution in [0.1, 0.15) is 20.3 Å². The number of urea groups is 1. The van der Waals surface area contributed by atoms with E-state index in [0.29, 0.717) is 10.7 Å². The number of amides is 4. The molecule has 1 rings (SSSR count). The number of imide groups is 1. The predicted octanol–water partition coefficient (Wildman–Crippen LogP) is 2.18. The number of benzene rings is 1. The van der Waals surface area contributed by atoms with Crippen LogP contribution in [0.25, 0.3) is 0 Å². The molecule has 8 nitrogen and oxygen atoms in total. The van der Waals surface area contributed by atoms with Crippen molar-refractivity contribution in [2.75, 3.05) is 23.4 Å². The number of ether oxygens (including phenoxy) is 1. The van der Waals surface area contributed by atoms with E-state index >= 15 is 0 Å². The van der Waals surface area contributed by atoms with E-state index in [1.165, 1.54) is 0 Å². The van der Waals surface area contributed by atoms with E-state index in [1.807, 2.05) is 6.92 Å². The van der Waals surface area contributed by atoms with E-state index in [1.54, 1.807) is 31.2 Å². The standard InChI is InChI=1S/C17H22ClN3O5S/c1-3-11(2)19-17(25)21-14(22)8-26-16(24)10-27-9-15(23)20-13-6-4-12(18)5-7-13/h4-7,11H,3,8-10H2,1-2H3,(H,20,23)(H2,19,21,22,25)/t11-/m0/s1. The van der Waals surface area contributed by atoms with Gasteiger partial charge in [0.15, 0.2) is 6.61 Å². The smallest absolute Gasteiger partial charge is 0.321 e. The van der Waals surface area contributed by atoms with Gasteiger partial charge < -0.3 is 15.4 Å². The number of hydrogen-bond donors (Lipinski definition) is 3. The van der Waals surface area contributed by atoms with E-state index < -0.39 is 24.5 Å². The predicted molar refractivity (Wildman–Crippen MR) is 105 cm³/mol. The van der Waals surface area contributed by atoms with Crippen molar-refractivity contribution in [1.82, 2.24) is 10.6 Å². The van der Waals surface area contributed by atoms with Crippen molar-refractivity contribution in [3.63, 3.8) is 0 Å². The molecule has 148 valence electrons. The number of esters is 1. The Morgan fingerprint density at radius 3 is 2.41 bits per heavy atom. The molecule has 0 saturated heterocycles. The molecule has 0 saturated carbocycles. The maximum absolute atomic E-state index is 11.8. The topological polar surface area (TPSA) is 114 Å². The number of nitrogens with one attached hydrogen (secondary N) is 3. The fourth-order valence-electron chi connectivity index (χ4n) is 1.67. The minimum absolute atomic E-state index is 0.0429. The van der Waals surface area contributed by atoms with Crippen LogP contribution in [0.5, 0.6) is 0 Å². The zero-order valence-corrected chi connectivity index (χ0v) is 16.6. The maximum Gasteiger partial charge on any atom is 0.321 e. The average molecular weight is 416 g/mol. The van der Waals surface area contributed by atoms with Gasteiger partial charge in [-0.1, -0.05) is 18.5 Å². The summed E-state index contributed by atoms with van der Waals surface area (Å²) in [6.45, 7) is 3.12. The summed E-state index contributed by atoms with van der Waals surface area (Å²) in [4.78, 5) is 46.3. The van der Waals surface area contributed by atoms with Gasteiger partial charge in [-0.2, -0.15) is 0 Å². The van der Waals surface area contributed by atoms with Crippen molar-refractivity contribution in [1.29, 1.82) is 0 Å². The third-order valence-corrected chi connectivity index (χ3v) is 4.35. The Hall–Kier alpha value is -2.26. The molecule has 0 aliphatic heterocycles. The second-order valence-electron chi connectivity index (χ2n) is 5.54. The number of carbonyl (C=O) groups is 4. The number of carbonyl (C=O) groups excluding carboxylic acids is 4. The molecule has 0 aromatic heterocycles. The first-order chi connectivity index (χ1) is 12.8. The molecular weight excluding hydrogens is 394 g/mol. The molecule has 3 N–H and O–H groups in total. The Kier molecular flexibility index (Phi) is 10.3. The van der Waals surface area contributed by atoms with Gasteiger partial charge in [0, 0.05) is 16.8 Å². The van der Waals surface area contributed by atoms with Gasteiger partial charge in [-0.25, -0.2) is 4.79 Å². The van der Waals surface area contributed by atoms with E-state index in [4.69, 9.17) is 16.3 Å². The summed E-state index contributed by atoms with van der Waals surface area (Å²) < 4.78 is 4.75. The highest BCUT2D eigenvalue weighted by Crippen LogP contribution is 2.13. The SMILES string of the molecule is CC[C@H](C)NC(=O)NC(=O)COC(=O)CSCC(=O)Nc1ccc(Cl)cc1. The van der Waals surface area contributed by atoms with E-state index in [0.717, 1.165) is 18.2 Å². The van der Waals surface area contributed by atoms with Crippen molar-refractivity contribution < 1.29 is 23.9 Å². The number of hydrogen-bond acceptors (Lipinski definition) is 6. The van der Waals surface area contributed by atoms with Crippen LogP contribution < -0.4 is 16.0 Å². The van der Waals surface area contributed by atoms with E-state index in [2.05, 4.69) is 16.0 Å². The molecule has 0 spiro atoms. The molecule has 1 aromatic carbocycles. The minimum Gasteiger partial charge on any atom is -0.455 e. The van der Waals surface area contributed by atoms with E-state index in [9.17, 15) is 19.2 Å². The highest BCUT2D eigenvalue weighted by molar-refractivity contribution is 8.00. The molecule has 1 atom stereocenters. The lowest BCUT2D eigenvalue weighted by Crippen LogP contribution is -2.44. The summed E-state index contributed by atoms with van der Waals surface area (Å²) in [6, 6.07) is 5.91. The summed E-state index contributed by atoms with van der Waals surface area (Å²) >= 11 is 6.80. The molecule has 0 unspecified atom stereocenters. The maximum atomic E-state index is 11.8.